The van der Waals surface area contributed by atoms with E-state index in [-0.39, 0.29) is 17.8 Å². The lowest BCUT2D eigenvalue weighted by atomic mass is 10.2. The van der Waals surface area contributed by atoms with Gasteiger partial charge in [0.15, 0.2) is 0 Å². The number of nitro benzene ring substituents is 1. The van der Waals surface area contributed by atoms with E-state index < -0.39 is 4.92 Å². The molecule has 21 heavy (non-hydrogen) atoms. The van der Waals surface area contributed by atoms with Gasteiger partial charge in [0, 0.05) is 31.4 Å². The van der Waals surface area contributed by atoms with Gasteiger partial charge in [-0.05, 0) is 6.42 Å². The van der Waals surface area contributed by atoms with E-state index in [1.165, 1.54) is 12.1 Å². The molecule has 110 valence electrons. The maximum Gasteiger partial charge on any atom is 0.270 e. The zero-order chi connectivity index (χ0) is 14.8. The molecule has 0 spiro atoms. The molecule has 1 fully saturated rings. The van der Waals surface area contributed by atoms with E-state index in [9.17, 15) is 10.1 Å². The number of benzene rings is 1. The van der Waals surface area contributed by atoms with Crippen molar-refractivity contribution in [2.24, 2.45) is 0 Å². The number of nitrogens with one attached hydrogen (secondary N) is 1. The number of hydrogen-bond donors (Lipinski definition) is 1. The third kappa shape index (κ3) is 2.76. The van der Waals surface area contributed by atoms with Crippen molar-refractivity contribution in [2.75, 3.05) is 13.7 Å². The highest BCUT2D eigenvalue weighted by molar-refractivity contribution is 5.58. The molecule has 2 unspecified atom stereocenters. The number of ether oxygens (including phenoxy) is 1. The lowest BCUT2D eigenvalue weighted by molar-refractivity contribution is -0.384. The molecule has 1 aliphatic rings. The third-order valence-electron chi connectivity index (χ3n) is 3.48. The largest absolute Gasteiger partial charge is 0.380 e. The van der Waals surface area contributed by atoms with Crippen molar-refractivity contribution in [3.05, 3.63) is 40.3 Å². The minimum absolute atomic E-state index is 0.00251. The van der Waals surface area contributed by atoms with Crippen LogP contribution in [0.4, 0.5) is 5.69 Å². The van der Waals surface area contributed by atoms with Crippen molar-refractivity contribution in [1.82, 2.24) is 15.5 Å². The lowest BCUT2D eigenvalue weighted by Crippen LogP contribution is -2.16. The summed E-state index contributed by atoms with van der Waals surface area (Å²) in [5.74, 6) is 0.812. The Morgan fingerprint density at radius 3 is 3.10 bits per heavy atom. The van der Waals surface area contributed by atoms with Crippen LogP contribution in [0, 0.1) is 10.1 Å². The fourth-order valence-corrected chi connectivity index (χ4v) is 2.32. The summed E-state index contributed by atoms with van der Waals surface area (Å²) in [4.78, 5) is 14.6. The summed E-state index contributed by atoms with van der Waals surface area (Å²) in [6.45, 7) is 0.732. The van der Waals surface area contributed by atoms with Crippen LogP contribution in [0.15, 0.2) is 28.8 Å². The molecule has 8 heteroatoms. The smallest absolute Gasteiger partial charge is 0.270 e. The number of nitro groups is 1. The van der Waals surface area contributed by atoms with Crippen molar-refractivity contribution in [1.29, 1.82) is 0 Å². The van der Waals surface area contributed by atoms with Gasteiger partial charge in [-0.25, -0.2) is 0 Å². The van der Waals surface area contributed by atoms with Crippen molar-refractivity contribution in [3.63, 3.8) is 0 Å². The molecule has 0 amide bonds. The van der Waals surface area contributed by atoms with Crippen LogP contribution >= 0.6 is 0 Å². The molecule has 0 bridgehead atoms. The average Bonchev–Trinajstić information content (AvgIpc) is 3.16. The first-order valence-electron chi connectivity index (χ1n) is 6.52. The topological polar surface area (TPSA) is 103 Å². The molecular formula is C13H14N4O4. The Bertz CT molecular complexity index is 657. The molecule has 2 atom stereocenters. The molecule has 1 aliphatic heterocycles. The minimum atomic E-state index is -0.452. The molecule has 0 radical (unpaired) electrons. The monoisotopic (exact) mass is 290 g/mol. The number of aromatic nitrogens is 2. The molecular weight excluding hydrogens is 276 g/mol. The highest BCUT2D eigenvalue weighted by Gasteiger charge is 2.29. The van der Waals surface area contributed by atoms with Crippen molar-refractivity contribution < 1.29 is 14.2 Å². The SMILES string of the molecule is COC1CNC(c2nc(-c3cccc([N+](=O)[O-])c3)no2)C1. The van der Waals surface area contributed by atoms with Gasteiger partial charge >= 0.3 is 0 Å². The Hall–Kier alpha value is -2.32. The molecule has 3 rings (SSSR count). The van der Waals surface area contributed by atoms with E-state index in [1.807, 2.05) is 0 Å². The van der Waals surface area contributed by atoms with E-state index >= 15 is 0 Å². The summed E-state index contributed by atoms with van der Waals surface area (Å²) in [5.41, 5.74) is 0.553. The van der Waals surface area contributed by atoms with Gasteiger partial charge < -0.3 is 14.6 Å². The fourth-order valence-electron chi connectivity index (χ4n) is 2.32. The van der Waals surface area contributed by atoms with E-state index in [0.717, 1.165) is 13.0 Å². The molecule has 1 N–H and O–H groups in total. The van der Waals surface area contributed by atoms with Gasteiger partial charge in [-0.1, -0.05) is 17.3 Å². The van der Waals surface area contributed by atoms with Crippen LogP contribution in [0.5, 0.6) is 0 Å². The summed E-state index contributed by atoms with van der Waals surface area (Å²) in [6.07, 6.45) is 0.885. The second-order valence-electron chi connectivity index (χ2n) is 4.82. The van der Waals surface area contributed by atoms with E-state index in [0.29, 0.717) is 17.3 Å². The van der Waals surface area contributed by atoms with Crippen LogP contribution in [-0.2, 0) is 4.74 Å². The Labute approximate surface area is 120 Å². The van der Waals surface area contributed by atoms with Crippen LogP contribution in [0.1, 0.15) is 18.4 Å². The first-order valence-corrected chi connectivity index (χ1v) is 6.52. The molecule has 0 aliphatic carbocycles. The predicted molar refractivity (Wildman–Crippen MR) is 72.5 cm³/mol. The van der Waals surface area contributed by atoms with Gasteiger partial charge in [0.1, 0.15) is 0 Å². The van der Waals surface area contributed by atoms with Crippen LogP contribution in [-0.4, -0.2) is 34.8 Å². The van der Waals surface area contributed by atoms with Gasteiger partial charge in [0.2, 0.25) is 11.7 Å². The molecule has 2 heterocycles. The van der Waals surface area contributed by atoms with Crippen molar-refractivity contribution in [3.8, 4) is 11.4 Å². The van der Waals surface area contributed by atoms with Crippen molar-refractivity contribution in [2.45, 2.75) is 18.6 Å². The minimum Gasteiger partial charge on any atom is -0.380 e. The second kappa shape index (κ2) is 5.58. The Balaban J connectivity index is 1.82. The molecule has 0 saturated carbocycles. The highest BCUT2D eigenvalue weighted by Crippen LogP contribution is 2.26. The molecule has 1 aromatic carbocycles. The van der Waals surface area contributed by atoms with Gasteiger partial charge in [-0.15, -0.1) is 0 Å². The zero-order valence-corrected chi connectivity index (χ0v) is 11.4. The maximum atomic E-state index is 10.8. The van der Waals surface area contributed by atoms with Gasteiger partial charge in [0.05, 0.1) is 17.1 Å². The van der Waals surface area contributed by atoms with E-state index in [2.05, 4.69) is 15.5 Å². The standard InChI is InChI=1S/C13H14N4O4/c1-20-10-6-11(14-7-10)13-15-12(16-21-13)8-3-2-4-9(5-8)17(18)19/h2-5,10-11,14H,6-7H2,1H3. The van der Waals surface area contributed by atoms with Crippen LogP contribution in [0.2, 0.25) is 0 Å². The predicted octanol–water partition coefficient (Wildman–Crippen LogP) is 1.69. The van der Waals surface area contributed by atoms with E-state index in [4.69, 9.17) is 9.26 Å². The Kier molecular flexibility index (Phi) is 3.63. The third-order valence-corrected chi connectivity index (χ3v) is 3.48. The van der Waals surface area contributed by atoms with Gasteiger partial charge in [-0.2, -0.15) is 4.98 Å². The summed E-state index contributed by atoms with van der Waals surface area (Å²) in [6, 6.07) is 6.11. The first-order chi connectivity index (χ1) is 10.2. The van der Waals surface area contributed by atoms with Crippen LogP contribution in [0.3, 0.4) is 0 Å². The summed E-state index contributed by atoms with van der Waals surface area (Å²) in [7, 11) is 1.66. The van der Waals surface area contributed by atoms with Crippen molar-refractivity contribution >= 4 is 5.69 Å². The number of non-ortho nitro benzene ring substituents is 1. The first kappa shape index (κ1) is 13.7. The number of hydrogen-bond acceptors (Lipinski definition) is 7. The second-order valence-corrected chi connectivity index (χ2v) is 4.82. The molecule has 2 aromatic rings. The average molecular weight is 290 g/mol. The van der Waals surface area contributed by atoms with E-state index in [1.54, 1.807) is 19.2 Å². The summed E-state index contributed by atoms with van der Waals surface area (Å²) < 4.78 is 10.5. The molecule has 1 saturated heterocycles. The number of rotatable bonds is 4. The quantitative estimate of drug-likeness (QED) is 0.675. The highest BCUT2D eigenvalue weighted by atomic mass is 16.6. The van der Waals surface area contributed by atoms with Crippen LogP contribution < -0.4 is 5.32 Å². The zero-order valence-electron chi connectivity index (χ0n) is 11.4. The van der Waals surface area contributed by atoms with Crippen LogP contribution in [0.25, 0.3) is 11.4 Å². The number of methoxy groups -OCH3 is 1. The van der Waals surface area contributed by atoms with Gasteiger partial charge in [-0.3, -0.25) is 10.1 Å². The molecule has 8 nitrogen and oxygen atoms in total. The van der Waals surface area contributed by atoms with Gasteiger partial charge in [0.25, 0.3) is 5.69 Å². The normalized spacial score (nSPS) is 21.6. The fraction of sp³-hybridized carbons (Fsp3) is 0.385. The maximum absolute atomic E-state index is 10.8. The lowest BCUT2D eigenvalue weighted by Gasteiger charge is -2.04. The Morgan fingerprint density at radius 2 is 2.38 bits per heavy atom. The number of nitrogens with zero attached hydrogens (tertiary/aromatic N) is 3. The Morgan fingerprint density at radius 1 is 1.52 bits per heavy atom. The summed E-state index contributed by atoms with van der Waals surface area (Å²) in [5, 5.41) is 17.9. The summed E-state index contributed by atoms with van der Waals surface area (Å²) >= 11 is 0. The molecule has 1 aromatic heterocycles.